The third-order valence-electron chi connectivity index (χ3n) is 2.33. The van der Waals surface area contributed by atoms with Gasteiger partial charge in [0.25, 0.3) is 0 Å². The molecule has 0 radical (unpaired) electrons. The largest absolute Gasteiger partial charge is 0.501 e. The molecule has 0 aliphatic carbocycles. The monoisotopic (exact) mass is 184 g/mol. The predicted octanol–water partition coefficient (Wildman–Crippen LogP) is 0.960. The molecule has 0 saturated heterocycles. The summed E-state index contributed by atoms with van der Waals surface area (Å²) in [7, 11) is 4.14. The van der Waals surface area contributed by atoms with Crippen LogP contribution in [0.2, 0.25) is 0 Å². The maximum atomic E-state index is 6.02. The van der Waals surface area contributed by atoms with Crippen molar-refractivity contribution < 1.29 is 4.74 Å². The molecule has 1 rings (SSSR count). The van der Waals surface area contributed by atoms with E-state index >= 15 is 0 Å². The average molecular weight is 184 g/mol. The van der Waals surface area contributed by atoms with E-state index in [2.05, 4.69) is 19.0 Å². The molecule has 0 aromatic rings. The molecule has 76 valence electrons. The summed E-state index contributed by atoms with van der Waals surface area (Å²) in [5.74, 6) is 0. The van der Waals surface area contributed by atoms with Crippen molar-refractivity contribution in [3.63, 3.8) is 0 Å². The second kappa shape index (κ2) is 5.25. The van der Waals surface area contributed by atoms with Crippen molar-refractivity contribution in [2.24, 2.45) is 5.73 Å². The Morgan fingerprint density at radius 3 is 2.92 bits per heavy atom. The summed E-state index contributed by atoms with van der Waals surface area (Å²) < 4.78 is 5.25. The van der Waals surface area contributed by atoms with E-state index in [1.54, 1.807) is 0 Å². The van der Waals surface area contributed by atoms with Crippen molar-refractivity contribution in [3.05, 3.63) is 11.8 Å². The predicted molar refractivity (Wildman–Crippen MR) is 54.4 cm³/mol. The number of rotatable bonds is 4. The van der Waals surface area contributed by atoms with Crippen LogP contribution in [0.1, 0.15) is 19.3 Å². The molecular formula is C10H20N2O. The Labute approximate surface area is 80.5 Å². The molecule has 1 unspecified atom stereocenters. The number of nitrogens with two attached hydrogens (primary N) is 1. The molecule has 1 atom stereocenters. The molecular weight excluding hydrogens is 164 g/mol. The van der Waals surface area contributed by atoms with Gasteiger partial charge in [0.15, 0.2) is 0 Å². The van der Waals surface area contributed by atoms with Crippen LogP contribution >= 0.6 is 0 Å². The fourth-order valence-corrected chi connectivity index (χ4v) is 1.44. The molecule has 3 heteroatoms. The third kappa shape index (κ3) is 3.79. The van der Waals surface area contributed by atoms with Crippen LogP contribution in [0.5, 0.6) is 0 Å². The number of ether oxygens (including phenoxy) is 1. The normalized spacial score (nSPS) is 19.5. The van der Waals surface area contributed by atoms with Gasteiger partial charge >= 0.3 is 0 Å². The summed E-state index contributed by atoms with van der Waals surface area (Å²) in [5, 5.41) is 0. The van der Waals surface area contributed by atoms with Gasteiger partial charge < -0.3 is 15.4 Å². The van der Waals surface area contributed by atoms with E-state index in [9.17, 15) is 0 Å². The fourth-order valence-electron chi connectivity index (χ4n) is 1.44. The van der Waals surface area contributed by atoms with Gasteiger partial charge in [0.2, 0.25) is 0 Å². The van der Waals surface area contributed by atoms with Gasteiger partial charge in [-0.2, -0.15) is 0 Å². The van der Waals surface area contributed by atoms with Crippen LogP contribution in [0.4, 0.5) is 0 Å². The highest BCUT2D eigenvalue weighted by molar-refractivity contribution is 5.08. The van der Waals surface area contributed by atoms with Crippen LogP contribution in [0.3, 0.4) is 0 Å². The lowest BCUT2D eigenvalue weighted by Gasteiger charge is -2.21. The zero-order valence-corrected chi connectivity index (χ0v) is 8.62. The van der Waals surface area contributed by atoms with E-state index in [4.69, 9.17) is 10.5 Å². The molecule has 1 heterocycles. The molecule has 0 saturated carbocycles. The second-order valence-electron chi connectivity index (χ2n) is 3.87. The first-order chi connectivity index (χ1) is 6.20. The molecule has 0 aromatic carbocycles. The fraction of sp³-hybridized carbons (Fsp3) is 0.800. The first-order valence-corrected chi connectivity index (χ1v) is 4.91. The van der Waals surface area contributed by atoms with Crippen molar-refractivity contribution in [1.29, 1.82) is 0 Å². The molecule has 0 spiro atoms. The summed E-state index contributed by atoms with van der Waals surface area (Å²) in [6.45, 7) is 1.89. The highest BCUT2D eigenvalue weighted by Gasteiger charge is 2.12. The summed E-state index contributed by atoms with van der Waals surface area (Å²) in [5.41, 5.74) is 7.29. The molecule has 0 amide bonds. The SMILES string of the molecule is CN(C)CCC(N)C1=COCCC1. The zero-order chi connectivity index (χ0) is 9.68. The number of nitrogens with zero attached hydrogens (tertiary/aromatic N) is 1. The minimum Gasteiger partial charge on any atom is -0.501 e. The first kappa shape index (κ1) is 10.5. The van der Waals surface area contributed by atoms with E-state index in [1.165, 1.54) is 5.57 Å². The molecule has 0 aromatic heterocycles. The second-order valence-corrected chi connectivity index (χ2v) is 3.87. The quantitative estimate of drug-likeness (QED) is 0.707. The first-order valence-electron chi connectivity index (χ1n) is 4.91. The molecule has 3 nitrogen and oxygen atoms in total. The summed E-state index contributed by atoms with van der Waals surface area (Å²) in [6.07, 6.45) is 5.09. The van der Waals surface area contributed by atoms with Gasteiger partial charge in [0.05, 0.1) is 12.9 Å². The van der Waals surface area contributed by atoms with Crippen LogP contribution in [0.15, 0.2) is 11.8 Å². The van der Waals surface area contributed by atoms with Crippen LogP contribution in [-0.2, 0) is 4.74 Å². The highest BCUT2D eigenvalue weighted by atomic mass is 16.5. The lowest BCUT2D eigenvalue weighted by molar-refractivity contribution is 0.220. The van der Waals surface area contributed by atoms with Gasteiger partial charge in [-0.3, -0.25) is 0 Å². The summed E-state index contributed by atoms with van der Waals surface area (Å²) in [4.78, 5) is 2.16. The third-order valence-corrected chi connectivity index (χ3v) is 2.33. The van der Waals surface area contributed by atoms with E-state index in [0.717, 1.165) is 32.4 Å². The Kier molecular flexibility index (Phi) is 4.25. The van der Waals surface area contributed by atoms with E-state index in [-0.39, 0.29) is 6.04 Å². The van der Waals surface area contributed by atoms with Crippen LogP contribution < -0.4 is 5.73 Å². The molecule has 13 heavy (non-hydrogen) atoms. The van der Waals surface area contributed by atoms with Gasteiger partial charge in [-0.25, -0.2) is 0 Å². The lowest BCUT2D eigenvalue weighted by Crippen LogP contribution is -2.29. The average Bonchev–Trinajstić information content (AvgIpc) is 2.15. The van der Waals surface area contributed by atoms with Gasteiger partial charge in [0.1, 0.15) is 0 Å². The summed E-state index contributed by atoms with van der Waals surface area (Å²) in [6, 6.07) is 0.183. The topological polar surface area (TPSA) is 38.5 Å². The maximum Gasteiger partial charge on any atom is 0.0876 e. The van der Waals surface area contributed by atoms with Crippen molar-refractivity contribution in [1.82, 2.24) is 4.90 Å². The van der Waals surface area contributed by atoms with Gasteiger partial charge in [-0.15, -0.1) is 0 Å². The Balaban J connectivity index is 2.29. The zero-order valence-electron chi connectivity index (χ0n) is 8.62. The summed E-state index contributed by atoms with van der Waals surface area (Å²) >= 11 is 0. The van der Waals surface area contributed by atoms with Gasteiger partial charge in [-0.05, 0) is 45.5 Å². The standard InChI is InChI=1S/C10H20N2O/c1-12(2)6-5-10(11)9-4-3-7-13-8-9/h8,10H,3-7,11H2,1-2H3. The van der Waals surface area contributed by atoms with Crippen molar-refractivity contribution in [2.45, 2.75) is 25.3 Å². The molecule has 1 aliphatic rings. The molecule has 0 fully saturated rings. The minimum absolute atomic E-state index is 0.183. The van der Waals surface area contributed by atoms with Crippen molar-refractivity contribution in [3.8, 4) is 0 Å². The molecule has 1 aliphatic heterocycles. The Morgan fingerprint density at radius 2 is 2.38 bits per heavy atom. The van der Waals surface area contributed by atoms with Crippen LogP contribution in [0, 0.1) is 0 Å². The Morgan fingerprint density at radius 1 is 1.62 bits per heavy atom. The number of hydrogen-bond donors (Lipinski definition) is 1. The van der Waals surface area contributed by atoms with Crippen LogP contribution in [0.25, 0.3) is 0 Å². The van der Waals surface area contributed by atoms with Crippen LogP contribution in [-0.4, -0.2) is 38.2 Å². The van der Waals surface area contributed by atoms with E-state index in [1.807, 2.05) is 6.26 Å². The smallest absolute Gasteiger partial charge is 0.0876 e. The molecule has 0 bridgehead atoms. The van der Waals surface area contributed by atoms with Crippen molar-refractivity contribution in [2.75, 3.05) is 27.2 Å². The van der Waals surface area contributed by atoms with Crippen molar-refractivity contribution >= 4 is 0 Å². The van der Waals surface area contributed by atoms with Gasteiger partial charge in [-0.1, -0.05) is 0 Å². The Bertz CT molecular complexity index is 178. The van der Waals surface area contributed by atoms with Gasteiger partial charge in [0, 0.05) is 6.04 Å². The van der Waals surface area contributed by atoms with E-state index < -0.39 is 0 Å². The van der Waals surface area contributed by atoms with E-state index in [0.29, 0.717) is 0 Å². The maximum absolute atomic E-state index is 6.02. The molecule has 2 N–H and O–H groups in total. The number of hydrogen-bond acceptors (Lipinski definition) is 3. The lowest BCUT2D eigenvalue weighted by atomic mass is 10.0. The minimum atomic E-state index is 0.183. The highest BCUT2D eigenvalue weighted by Crippen LogP contribution is 2.16. The Hall–Kier alpha value is -0.540.